The minimum Gasteiger partial charge on any atom is -0.478 e. The molecule has 0 aliphatic carbocycles. The number of aliphatic hydroxyl groups excluding tert-OH is 1. The van der Waals surface area contributed by atoms with E-state index in [9.17, 15) is 9.59 Å². The molecule has 4 aromatic rings. The molecule has 0 bridgehead atoms. The van der Waals surface area contributed by atoms with Gasteiger partial charge in [0.1, 0.15) is 0 Å². The van der Waals surface area contributed by atoms with Crippen molar-refractivity contribution in [3.05, 3.63) is 119 Å². The van der Waals surface area contributed by atoms with Crippen LogP contribution in [-0.2, 0) is 4.74 Å². The summed E-state index contributed by atoms with van der Waals surface area (Å²) < 4.78 is 5.67. The number of hydrogen-bond donors (Lipinski definition) is 2. The van der Waals surface area contributed by atoms with Crippen molar-refractivity contribution in [2.45, 2.75) is 144 Å². The monoisotopic (exact) mass is 779 g/mol. The molecule has 5 nitrogen and oxygen atoms in total. The average Bonchev–Trinajstić information content (AvgIpc) is 3.24. The Morgan fingerprint density at radius 2 is 0.825 bits per heavy atom. The molecule has 2 N–H and O–H groups in total. The lowest BCUT2D eigenvalue weighted by atomic mass is 9.96. The Bertz CT molecular complexity index is 1610. The van der Waals surface area contributed by atoms with Gasteiger partial charge < -0.3 is 14.9 Å². The molecule has 0 saturated heterocycles. The Labute approximate surface area is 346 Å². The highest BCUT2D eigenvalue weighted by atomic mass is 16.5. The number of esters is 1. The van der Waals surface area contributed by atoms with Gasteiger partial charge in [-0.25, -0.2) is 9.59 Å². The third kappa shape index (κ3) is 20.7. The van der Waals surface area contributed by atoms with E-state index in [1.54, 1.807) is 12.1 Å². The molecule has 0 heterocycles. The van der Waals surface area contributed by atoms with Crippen LogP contribution in [0, 0.1) is 25.7 Å². The van der Waals surface area contributed by atoms with Gasteiger partial charge in [-0.05, 0) is 97.9 Å². The molecule has 0 amide bonds. The number of carboxylic acids is 1. The van der Waals surface area contributed by atoms with Crippen LogP contribution in [0.4, 0.5) is 0 Å². The van der Waals surface area contributed by atoms with Crippen molar-refractivity contribution in [1.29, 1.82) is 0 Å². The molecule has 0 fully saturated rings. The maximum Gasteiger partial charge on any atom is 0.338 e. The minimum absolute atomic E-state index is 0.203. The molecule has 0 radical (unpaired) electrons. The molecule has 0 saturated carbocycles. The number of aryl methyl sites for hydroxylation is 2. The fraction of sp³-hybridized carbons (Fsp3) is 0.500. The molecular formula is C52H74O5. The summed E-state index contributed by atoms with van der Waals surface area (Å²) in [5.41, 5.74) is 7.83. The van der Waals surface area contributed by atoms with Crippen LogP contribution in [0.25, 0.3) is 22.3 Å². The number of carbonyl (C=O) groups excluding carboxylic acids is 1. The summed E-state index contributed by atoms with van der Waals surface area (Å²) in [7, 11) is 0. The SMILES string of the molecule is CCCCCCC(CCCC)COC(=O)c1ccc(-c2ccc(C)cc2)cc1.CCCCCCC(CO)CCCC.Cc1ccc(-c2ccc(C(=O)O)cc2)cc1. The first-order chi connectivity index (χ1) is 27.6. The summed E-state index contributed by atoms with van der Waals surface area (Å²) >= 11 is 0. The highest BCUT2D eigenvalue weighted by Gasteiger charge is 2.14. The minimum atomic E-state index is -0.893. The number of ether oxygens (including phenoxy) is 1. The predicted octanol–water partition coefficient (Wildman–Crippen LogP) is 14.7. The van der Waals surface area contributed by atoms with Gasteiger partial charge in [-0.1, -0.05) is 189 Å². The van der Waals surface area contributed by atoms with Crippen molar-refractivity contribution in [2.75, 3.05) is 13.2 Å². The first kappa shape index (κ1) is 48.9. The summed E-state index contributed by atoms with van der Waals surface area (Å²) in [5, 5.41) is 17.9. The van der Waals surface area contributed by atoms with E-state index in [1.165, 1.54) is 107 Å². The summed E-state index contributed by atoms with van der Waals surface area (Å²) in [6.07, 6.45) is 20.1. The van der Waals surface area contributed by atoms with Gasteiger partial charge in [0, 0.05) is 6.61 Å². The third-order valence-corrected chi connectivity index (χ3v) is 10.6. The lowest BCUT2D eigenvalue weighted by molar-refractivity contribution is 0.0422. The van der Waals surface area contributed by atoms with E-state index in [1.807, 2.05) is 67.6 Å². The quantitative estimate of drug-likeness (QED) is 0.0579. The molecule has 4 aromatic carbocycles. The van der Waals surface area contributed by atoms with Gasteiger partial charge in [-0.3, -0.25) is 0 Å². The Hall–Kier alpha value is -4.22. The van der Waals surface area contributed by atoms with Crippen LogP contribution in [0.3, 0.4) is 0 Å². The second-order valence-electron chi connectivity index (χ2n) is 15.7. The Balaban J connectivity index is 0.000000326. The first-order valence-corrected chi connectivity index (χ1v) is 22.0. The topological polar surface area (TPSA) is 83.8 Å². The van der Waals surface area contributed by atoms with Crippen molar-refractivity contribution in [1.82, 2.24) is 0 Å². The van der Waals surface area contributed by atoms with Crippen LogP contribution in [0.15, 0.2) is 97.1 Å². The zero-order valence-electron chi connectivity index (χ0n) is 36.2. The Kier molecular flexibility index (Phi) is 25.7. The van der Waals surface area contributed by atoms with Crippen LogP contribution < -0.4 is 0 Å². The van der Waals surface area contributed by atoms with Gasteiger partial charge in [0.2, 0.25) is 0 Å². The molecule has 0 spiro atoms. The second-order valence-corrected chi connectivity index (χ2v) is 15.7. The number of rotatable bonds is 23. The molecule has 0 aliphatic heterocycles. The smallest absolute Gasteiger partial charge is 0.338 e. The number of benzene rings is 4. The van der Waals surface area contributed by atoms with E-state index in [4.69, 9.17) is 14.9 Å². The summed E-state index contributed by atoms with van der Waals surface area (Å²) in [4.78, 5) is 23.2. The molecule has 57 heavy (non-hydrogen) atoms. The largest absolute Gasteiger partial charge is 0.478 e. The van der Waals surface area contributed by atoms with Crippen LogP contribution in [0.5, 0.6) is 0 Å². The normalized spacial score (nSPS) is 11.7. The molecular weight excluding hydrogens is 705 g/mol. The lowest BCUT2D eigenvalue weighted by Gasteiger charge is -2.17. The molecule has 0 aliphatic rings. The van der Waals surface area contributed by atoms with Crippen molar-refractivity contribution >= 4 is 11.9 Å². The van der Waals surface area contributed by atoms with Crippen molar-refractivity contribution in [3.63, 3.8) is 0 Å². The standard InChI is InChI=1S/C26H36O2.C14H12O2.C12H26O/c1-4-6-8-9-11-22(10-7-5-2)20-28-26(27)25-18-16-24(17-19-25)23-14-12-21(3)13-15-23;1-10-2-4-11(5-3-10)12-6-8-13(9-7-12)14(15)16;1-3-5-7-8-10-12(11-13)9-6-4-2/h12-19,22H,4-11,20H2,1-3H3;2-9H,1H3,(H,15,16);12-13H,3-11H2,1-2H3. The van der Waals surface area contributed by atoms with E-state index in [-0.39, 0.29) is 5.97 Å². The first-order valence-electron chi connectivity index (χ1n) is 22.0. The number of carbonyl (C=O) groups is 2. The fourth-order valence-corrected chi connectivity index (χ4v) is 6.72. The van der Waals surface area contributed by atoms with Gasteiger partial charge in [0.15, 0.2) is 0 Å². The highest BCUT2D eigenvalue weighted by molar-refractivity contribution is 5.90. The van der Waals surface area contributed by atoms with Crippen LogP contribution in [0.2, 0.25) is 0 Å². The van der Waals surface area contributed by atoms with Gasteiger partial charge in [-0.15, -0.1) is 0 Å². The molecule has 2 atom stereocenters. The van der Waals surface area contributed by atoms with E-state index >= 15 is 0 Å². The lowest BCUT2D eigenvalue weighted by Crippen LogP contribution is -2.14. The molecule has 0 aromatic heterocycles. The van der Waals surface area contributed by atoms with Gasteiger partial charge >= 0.3 is 11.9 Å². The average molecular weight is 779 g/mol. The summed E-state index contributed by atoms with van der Waals surface area (Å²) in [5.74, 6) is -0.0228. The molecule has 5 heteroatoms. The number of aliphatic hydroxyl groups is 1. The Morgan fingerprint density at radius 1 is 0.474 bits per heavy atom. The zero-order valence-corrected chi connectivity index (χ0v) is 36.2. The van der Waals surface area contributed by atoms with E-state index in [0.717, 1.165) is 28.7 Å². The second kappa shape index (κ2) is 29.9. The number of aromatic carboxylic acids is 1. The summed E-state index contributed by atoms with van der Waals surface area (Å²) in [6.45, 7) is 14.0. The van der Waals surface area contributed by atoms with Crippen molar-refractivity contribution in [3.8, 4) is 22.3 Å². The number of unbranched alkanes of at least 4 members (excludes halogenated alkanes) is 8. The maximum absolute atomic E-state index is 12.5. The number of hydrogen-bond acceptors (Lipinski definition) is 4. The highest BCUT2D eigenvalue weighted by Crippen LogP contribution is 2.23. The van der Waals surface area contributed by atoms with Gasteiger partial charge in [0.25, 0.3) is 0 Å². The van der Waals surface area contributed by atoms with E-state index < -0.39 is 5.97 Å². The summed E-state index contributed by atoms with van der Waals surface area (Å²) in [6, 6.07) is 31.2. The predicted molar refractivity (Wildman–Crippen MR) is 241 cm³/mol. The van der Waals surface area contributed by atoms with Gasteiger partial charge in [0.05, 0.1) is 17.7 Å². The zero-order chi connectivity index (χ0) is 41.7. The van der Waals surface area contributed by atoms with Gasteiger partial charge in [-0.2, -0.15) is 0 Å². The maximum atomic E-state index is 12.5. The van der Waals surface area contributed by atoms with Crippen molar-refractivity contribution in [2.24, 2.45) is 11.8 Å². The van der Waals surface area contributed by atoms with E-state index in [0.29, 0.717) is 36.2 Å². The number of carboxylic acid groups (broad SMARTS) is 1. The third-order valence-electron chi connectivity index (χ3n) is 10.6. The fourth-order valence-electron chi connectivity index (χ4n) is 6.72. The van der Waals surface area contributed by atoms with Crippen molar-refractivity contribution < 1.29 is 24.5 Å². The molecule has 312 valence electrons. The van der Waals surface area contributed by atoms with Crippen LogP contribution in [-0.4, -0.2) is 35.4 Å². The Morgan fingerprint density at radius 3 is 1.21 bits per heavy atom. The van der Waals surface area contributed by atoms with E-state index in [2.05, 4.69) is 58.9 Å². The molecule has 2 unspecified atom stereocenters. The molecule has 4 rings (SSSR count). The van der Waals surface area contributed by atoms with Crippen LogP contribution >= 0.6 is 0 Å². The van der Waals surface area contributed by atoms with Crippen LogP contribution in [0.1, 0.15) is 162 Å².